The quantitative estimate of drug-likeness (QED) is 0.745. The van der Waals surface area contributed by atoms with Crippen LogP contribution in [0.15, 0.2) is 0 Å². The van der Waals surface area contributed by atoms with E-state index in [1.54, 1.807) is 0 Å². The average molecular weight is 248 g/mol. The van der Waals surface area contributed by atoms with Gasteiger partial charge in [-0.15, -0.1) is 0 Å². The molecule has 102 valence electrons. The fourth-order valence-corrected chi connectivity index (χ4v) is 3.79. The van der Waals surface area contributed by atoms with E-state index in [2.05, 4.69) is 25.2 Å². The van der Waals surface area contributed by atoms with Gasteiger partial charge in [-0.3, -0.25) is 5.32 Å². The van der Waals surface area contributed by atoms with Crippen LogP contribution in [0.4, 0.5) is 0 Å². The van der Waals surface area contributed by atoms with Gasteiger partial charge in [0.15, 0.2) is 0 Å². The lowest BCUT2D eigenvalue weighted by molar-refractivity contribution is 0.0947. The average Bonchev–Trinajstić information content (AvgIpc) is 2.60. The molecule has 2 nitrogen and oxygen atoms in total. The van der Waals surface area contributed by atoms with Gasteiger partial charge in [-0.1, -0.05) is 52.4 Å². The lowest BCUT2D eigenvalue weighted by atomic mass is 9.63. The maximum Gasteiger partial charge on any atom is 0.112 e. The van der Waals surface area contributed by atoms with Gasteiger partial charge in [0, 0.05) is 6.04 Å². The van der Waals surface area contributed by atoms with Crippen molar-refractivity contribution in [2.24, 2.45) is 5.41 Å². The molecule has 1 N–H and O–H groups in total. The molecule has 2 heteroatoms. The molecule has 0 radical (unpaired) electrons. The first-order valence-corrected chi connectivity index (χ1v) is 7.79. The first kappa shape index (κ1) is 13.9. The molecule has 0 spiro atoms. The van der Waals surface area contributed by atoms with E-state index in [0.29, 0.717) is 6.04 Å². The summed E-state index contributed by atoms with van der Waals surface area (Å²) in [6.07, 6.45) is 12.6. The van der Waals surface area contributed by atoms with E-state index in [9.17, 15) is 5.26 Å². The third kappa shape index (κ3) is 2.72. The Morgan fingerprint density at radius 3 is 2.11 bits per heavy atom. The summed E-state index contributed by atoms with van der Waals surface area (Å²) in [7, 11) is 0. The lowest BCUT2D eigenvalue weighted by Crippen LogP contribution is -2.59. The number of hydrogen-bond acceptors (Lipinski definition) is 2. The van der Waals surface area contributed by atoms with Crippen LogP contribution in [-0.2, 0) is 0 Å². The van der Waals surface area contributed by atoms with E-state index in [0.717, 1.165) is 6.42 Å². The molecule has 2 fully saturated rings. The van der Waals surface area contributed by atoms with Crippen LogP contribution >= 0.6 is 0 Å². The van der Waals surface area contributed by atoms with Gasteiger partial charge in [0.2, 0.25) is 0 Å². The van der Waals surface area contributed by atoms with E-state index >= 15 is 0 Å². The van der Waals surface area contributed by atoms with E-state index in [-0.39, 0.29) is 11.0 Å². The second kappa shape index (κ2) is 5.61. The van der Waals surface area contributed by atoms with Gasteiger partial charge in [-0.2, -0.15) is 5.26 Å². The van der Waals surface area contributed by atoms with Crippen LogP contribution in [-0.4, -0.2) is 11.6 Å². The normalized spacial score (nSPS) is 33.6. The molecule has 1 atom stereocenters. The summed E-state index contributed by atoms with van der Waals surface area (Å²) < 4.78 is 0. The number of hydrogen-bond donors (Lipinski definition) is 1. The summed E-state index contributed by atoms with van der Waals surface area (Å²) in [6, 6.07) is 3.24. The van der Waals surface area contributed by atoms with Crippen molar-refractivity contribution in [3.8, 4) is 6.07 Å². The van der Waals surface area contributed by atoms with Crippen molar-refractivity contribution in [2.45, 2.75) is 89.6 Å². The smallest absolute Gasteiger partial charge is 0.112 e. The van der Waals surface area contributed by atoms with E-state index in [1.165, 1.54) is 57.8 Å². The number of rotatable bonds is 2. The monoisotopic (exact) mass is 248 g/mol. The van der Waals surface area contributed by atoms with Gasteiger partial charge in [0.05, 0.1) is 6.07 Å². The zero-order valence-corrected chi connectivity index (χ0v) is 12.1. The fourth-order valence-electron chi connectivity index (χ4n) is 3.79. The molecule has 0 aromatic rings. The third-order valence-electron chi connectivity index (χ3n) is 5.26. The maximum atomic E-state index is 9.77. The van der Waals surface area contributed by atoms with Crippen molar-refractivity contribution in [3.05, 3.63) is 0 Å². The van der Waals surface area contributed by atoms with Crippen LogP contribution in [0.1, 0.15) is 78.1 Å². The van der Waals surface area contributed by atoms with Crippen molar-refractivity contribution in [1.29, 1.82) is 5.26 Å². The van der Waals surface area contributed by atoms with E-state index in [4.69, 9.17) is 0 Å². The molecule has 2 rings (SSSR count). The van der Waals surface area contributed by atoms with Crippen molar-refractivity contribution in [2.75, 3.05) is 0 Å². The summed E-state index contributed by atoms with van der Waals surface area (Å²) in [5.41, 5.74) is -0.160. The largest absolute Gasteiger partial charge is 0.296 e. The highest BCUT2D eigenvalue weighted by Gasteiger charge is 2.47. The standard InChI is InChI=1S/C16H28N2/c1-15(2)11-7-8-12-16(15,13-17)18-14-9-5-3-4-6-10-14/h14,18H,3-12H2,1-2H3. The minimum absolute atomic E-state index is 0.117. The van der Waals surface area contributed by atoms with Crippen molar-refractivity contribution in [3.63, 3.8) is 0 Å². The number of nitriles is 1. The van der Waals surface area contributed by atoms with Crippen LogP contribution in [0.2, 0.25) is 0 Å². The molecule has 0 aliphatic heterocycles. The molecule has 0 aromatic heterocycles. The molecule has 0 bridgehead atoms. The summed E-state index contributed by atoms with van der Waals surface area (Å²) in [5, 5.41) is 13.6. The lowest BCUT2D eigenvalue weighted by Gasteiger charge is -2.47. The van der Waals surface area contributed by atoms with Gasteiger partial charge < -0.3 is 0 Å². The first-order valence-electron chi connectivity index (χ1n) is 7.79. The Hall–Kier alpha value is -0.550. The second-order valence-corrected chi connectivity index (χ2v) is 6.94. The van der Waals surface area contributed by atoms with Gasteiger partial charge >= 0.3 is 0 Å². The van der Waals surface area contributed by atoms with Gasteiger partial charge in [-0.25, -0.2) is 0 Å². The van der Waals surface area contributed by atoms with Crippen molar-refractivity contribution in [1.82, 2.24) is 5.32 Å². The van der Waals surface area contributed by atoms with E-state index in [1.807, 2.05) is 0 Å². The highest BCUT2D eigenvalue weighted by molar-refractivity contribution is 5.17. The molecule has 2 aliphatic carbocycles. The number of nitrogens with one attached hydrogen (secondary N) is 1. The Bertz CT molecular complexity index is 308. The maximum absolute atomic E-state index is 9.77. The molecule has 18 heavy (non-hydrogen) atoms. The predicted molar refractivity (Wildman–Crippen MR) is 75.2 cm³/mol. The predicted octanol–water partition coefficient (Wildman–Crippen LogP) is 4.16. The molecular weight excluding hydrogens is 220 g/mol. The highest BCUT2D eigenvalue weighted by Crippen LogP contribution is 2.44. The van der Waals surface area contributed by atoms with Crippen LogP contribution < -0.4 is 5.32 Å². The van der Waals surface area contributed by atoms with Crippen LogP contribution in [0.5, 0.6) is 0 Å². The summed E-state index contributed by atoms with van der Waals surface area (Å²) >= 11 is 0. The molecule has 0 heterocycles. The minimum atomic E-state index is -0.278. The zero-order valence-electron chi connectivity index (χ0n) is 12.1. The van der Waals surface area contributed by atoms with Crippen LogP contribution in [0.3, 0.4) is 0 Å². The van der Waals surface area contributed by atoms with E-state index < -0.39 is 0 Å². The Morgan fingerprint density at radius 2 is 1.56 bits per heavy atom. The van der Waals surface area contributed by atoms with Crippen molar-refractivity contribution < 1.29 is 0 Å². The summed E-state index contributed by atoms with van der Waals surface area (Å²) in [4.78, 5) is 0. The second-order valence-electron chi connectivity index (χ2n) is 6.94. The molecule has 0 aromatic carbocycles. The Kier molecular flexibility index (Phi) is 4.33. The molecule has 2 saturated carbocycles. The third-order valence-corrected chi connectivity index (χ3v) is 5.26. The summed E-state index contributed by atoms with van der Waals surface area (Å²) in [6.45, 7) is 4.55. The molecule has 1 unspecified atom stereocenters. The minimum Gasteiger partial charge on any atom is -0.296 e. The van der Waals surface area contributed by atoms with Crippen molar-refractivity contribution >= 4 is 0 Å². The molecule has 0 saturated heterocycles. The Labute approximate surface area is 112 Å². The first-order chi connectivity index (χ1) is 8.60. The Balaban J connectivity index is 2.09. The van der Waals surface area contributed by atoms with Crippen LogP contribution in [0, 0.1) is 16.7 Å². The molecule has 0 amide bonds. The summed E-state index contributed by atoms with van der Waals surface area (Å²) in [5.74, 6) is 0. The number of nitrogens with zero attached hydrogens (tertiary/aromatic N) is 1. The van der Waals surface area contributed by atoms with Gasteiger partial charge in [0.25, 0.3) is 0 Å². The highest BCUT2D eigenvalue weighted by atomic mass is 15.0. The Morgan fingerprint density at radius 1 is 0.944 bits per heavy atom. The fraction of sp³-hybridized carbons (Fsp3) is 0.938. The van der Waals surface area contributed by atoms with Gasteiger partial charge in [0.1, 0.15) is 5.54 Å². The molecular formula is C16H28N2. The van der Waals surface area contributed by atoms with Crippen LogP contribution in [0.25, 0.3) is 0 Å². The van der Waals surface area contributed by atoms with Gasteiger partial charge in [-0.05, 0) is 31.1 Å². The zero-order chi connectivity index (χ0) is 13.1. The molecule has 2 aliphatic rings. The SMILES string of the molecule is CC1(C)CCCCC1(C#N)NC1CCCCCC1. The topological polar surface area (TPSA) is 35.8 Å².